The van der Waals surface area contributed by atoms with Crippen LogP contribution >= 0.6 is 0 Å². The molecule has 0 bridgehead atoms. The molecule has 38 heavy (non-hydrogen) atoms. The summed E-state index contributed by atoms with van der Waals surface area (Å²) in [5, 5.41) is 13.6. The Bertz CT molecular complexity index is 1100. The molecule has 1 aromatic heterocycles. The van der Waals surface area contributed by atoms with Gasteiger partial charge in [0.2, 0.25) is 0 Å². The molecule has 3 aliphatic heterocycles. The summed E-state index contributed by atoms with van der Waals surface area (Å²) in [5.41, 5.74) is 2.69. The highest BCUT2D eigenvalue weighted by atomic mass is 19.1. The molecule has 8 heteroatoms. The smallest absolute Gasteiger partial charge is 0.325 e. The van der Waals surface area contributed by atoms with E-state index in [0.717, 1.165) is 61.3 Å². The summed E-state index contributed by atoms with van der Waals surface area (Å²) < 4.78 is 26.3. The number of carbonyl (C=O) groups is 1. The second-order valence-electron chi connectivity index (χ2n) is 11.2. The number of unbranched alkanes of at least 4 members (excludes halogenated alkanes) is 1. The van der Waals surface area contributed by atoms with Gasteiger partial charge in [0.1, 0.15) is 17.5 Å². The number of hydrogen-bond acceptors (Lipinski definition) is 6. The third kappa shape index (κ3) is 6.53. The third-order valence-corrected chi connectivity index (χ3v) is 8.06. The lowest BCUT2D eigenvalue weighted by atomic mass is 9.89. The number of hydrogen-bond donors (Lipinski definition) is 2. The van der Waals surface area contributed by atoms with Crippen LogP contribution in [-0.4, -0.2) is 65.6 Å². The van der Waals surface area contributed by atoms with Crippen LogP contribution < -0.4 is 5.32 Å². The van der Waals surface area contributed by atoms with Crippen molar-refractivity contribution in [3.8, 4) is 0 Å². The van der Waals surface area contributed by atoms with Crippen molar-refractivity contribution in [2.75, 3.05) is 38.2 Å². The number of carboxylic acid groups (broad SMARTS) is 1. The first-order valence-electron chi connectivity index (χ1n) is 14.1. The van der Waals surface area contributed by atoms with E-state index in [-0.39, 0.29) is 18.8 Å². The number of fused-ring (bicyclic) bond motifs is 1. The number of rotatable bonds is 10. The summed E-state index contributed by atoms with van der Waals surface area (Å²) in [4.78, 5) is 19.2. The van der Waals surface area contributed by atoms with E-state index in [1.165, 1.54) is 12.0 Å². The van der Waals surface area contributed by atoms with Crippen LogP contribution in [-0.2, 0) is 27.1 Å². The molecule has 2 N–H and O–H groups in total. The Hall–Kier alpha value is -2.55. The predicted octanol–water partition coefficient (Wildman–Crippen LogP) is 5.26. The van der Waals surface area contributed by atoms with Crippen LogP contribution in [0.15, 0.2) is 36.4 Å². The molecular formula is C30H40FN3O4. The molecule has 4 heterocycles. The first-order valence-corrected chi connectivity index (χ1v) is 14.1. The van der Waals surface area contributed by atoms with Gasteiger partial charge >= 0.3 is 5.97 Å². The average Bonchev–Trinajstić information content (AvgIpc) is 3.37. The van der Waals surface area contributed by atoms with Crippen molar-refractivity contribution in [3.05, 3.63) is 58.8 Å². The molecule has 3 aliphatic rings. The van der Waals surface area contributed by atoms with Crippen LogP contribution in [0.5, 0.6) is 0 Å². The maximum atomic E-state index is 14.3. The van der Waals surface area contributed by atoms with Crippen molar-refractivity contribution in [1.29, 1.82) is 0 Å². The fourth-order valence-electron chi connectivity index (χ4n) is 5.94. The largest absolute Gasteiger partial charge is 0.480 e. The van der Waals surface area contributed by atoms with Crippen LogP contribution in [0.2, 0.25) is 0 Å². The first kappa shape index (κ1) is 27.0. The summed E-state index contributed by atoms with van der Waals surface area (Å²) in [6.07, 6.45) is 6.64. The number of aryl methyl sites for hydroxylation is 2. The molecule has 0 saturated carbocycles. The SMILES string of the molecule is CC1(F)CCC(c2ccccc2[C@H](C(=O)O)N2CC[C@@H](OCCCCc3ccc4c(n3)NCCC4)C2)OC1. The number of nitrogens with one attached hydrogen (secondary N) is 1. The number of alkyl halides is 1. The Morgan fingerprint density at radius 1 is 1.29 bits per heavy atom. The molecule has 7 nitrogen and oxygen atoms in total. The Balaban J connectivity index is 1.12. The number of carboxylic acids is 1. The number of aromatic nitrogens is 1. The summed E-state index contributed by atoms with van der Waals surface area (Å²) in [6.45, 7) is 4.49. The van der Waals surface area contributed by atoms with E-state index < -0.39 is 17.7 Å². The van der Waals surface area contributed by atoms with Gasteiger partial charge in [0.25, 0.3) is 0 Å². The fourth-order valence-corrected chi connectivity index (χ4v) is 5.94. The summed E-state index contributed by atoms with van der Waals surface area (Å²) in [5.74, 6) is 0.165. The molecule has 206 valence electrons. The highest BCUT2D eigenvalue weighted by Crippen LogP contribution is 2.39. The summed E-state index contributed by atoms with van der Waals surface area (Å²) in [6, 6.07) is 11.1. The molecule has 5 rings (SSSR count). The number of nitrogens with zero attached hydrogens (tertiary/aromatic N) is 2. The highest BCUT2D eigenvalue weighted by molar-refractivity contribution is 5.76. The summed E-state index contributed by atoms with van der Waals surface area (Å²) >= 11 is 0. The number of pyridine rings is 1. The van der Waals surface area contributed by atoms with Crippen molar-refractivity contribution < 1.29 is 23.8 Å². The number of benzene rings is 1. The molecule has 0 radical (unpaired) electrons. The molecule has 2 saturated heterocycles. The molecule has 0 spiro atoms. The maximum Gasteiger partial charge on any atom is 0.325 e. The van der Waals surface area contributed by atoms with Crippen molar-refractivity contribution in [2.45, 2.75) is 82.2 Å². The Morgan fingerprint density at radius 2 is 2.16 bits per heavy atom. The molecule has 2 unspecified atom stereocenters. The minimum absolute atomic E-state index is 0.0215. The monoisotopic (exact) mass is 525 g/mol. The van der Waals surface area contributed by atoms with Gasteiger partial charge in [0, 0.05) is 31.9 Å². The average molecular weight is 526 g/mol. The minimum atomic E-state index is -1.33. The molecule has 1 aromatic carbocycles. The van der Waals surface area contributed by atoms with Crippen molar-refractivity contribution >= 4 is 11.8 Å². The third-order valence-electron chi connectivity index (χ3n) is 8.06. The standard InChI is InChI=1S/C30H40FN3O4/c1-30(31)15-13-26(38-20-30)24-9-2-3-10-25(24)27(29(35)36)34-17-14-23(19-34)37-18-5-4-8-22-12-11-21-7-6-16-32-28(21)33-22/h2-3,9-12,23,26-27H,4-8,13-20H2,1H3,(H,32,33)(H,35,36)/t23-,26?,27-,30?/m1/s1. The van der Waals surface area contributed by atoms with Gasteiger partial charge in [-0.1, -0.05) is 30.3 Å². The summed E-state index contributed by atoms with van der Waals surface area (Å²) in [7, 11) is 0. The maximum absolute atomic E-state index is 14.3. The van der Waals surface area contributed by atoms with Crippen molar-refractivity contribution in [3.63, 3.8) is 0 Å². The molecule has 4 atom stereocenters. The number of likely N-dealkylation sites (tertiary alicyclic amines) is 1. The van der Waals surface area contributed by atoms with Crippen LogP contribution in [0.3, 0.4) is 0 Å². The van der Waals surface area contributed by atoms with E-state index in [1.807, 2.05) is 29.2 Å². The van der Waals surface area contributed by atoms with E-state index in [0.29, 0.717) is 32.5 Å². The first-order chi connectivity index (χ1) is 18.4. The lowest BCUT2D eigenvalue weighted by molar-refractivity contribution is -0.143. The van der Waals surface area contributed by atoms with Crippen LogP contribution in [0.25, 0.3) is 0 Å². The van der Waals surface area contributed by atoms with Gasteiger partial charge in [0.05, 0.1) is 18.8 Å². The zero-order valence-electron chi connectivity index (χ0n) is 22.3. The topological polar surface area (TPSA) is 83.9 Å². The molecule has 0 aliphatic carbocycles. The van der Waals surface area contributed by atoms with E-state index >= 15 is 0 Å². The van der Waals surface area contributed by atoms with Gasteiger partial charge in [0.15, 0.2) is 0 Å². The lowest BCUT2D eigenvalue weighted by Gasteiger charge is -2.34. The van der Waals surface area contributed by atoms with E-state index in [4.69, 9.17) is 14.5 Å². The van der Waals surface area contributed by atoms with E-state index in [9.17, 15) is 14.3 Å². The van der Waals surface area contributed by atoms with Gasteiger partial charge in [-0.3, -0.25) is 9.69 Å². The number of halogens is 1. The zero-order valence-corrected chi connectivity index (χ0v) is 22.3. The van der Waals surface area contributed by atoms with Crippen LogP contribution in [0.4, 0.5) is 10.2 Å². The van der Waals surface area contributed by atoms with Crippen LogP contribution in [0, 0.1) is 0 Å². The van der Waals surface area contributed by atoms with Gasteiger partial charge in [-0.2, -0.15) is 0 Å². The number of aliphatic carboxylic acids is 1. The second-order valence-corrected chi connectivity index (χ2v) is 11.2. The van der Waals surface area contributed by atoms with E-state index in [1.54, 1.807) is 6.92 Å². The predicted molar refractivity (Wildman–Crippen MR) is 144 cm³/mol. The molecular weight excluding hydrogens is 485 g/mol. The number of ether oxygens (including phenoxy) is 2. The quantitative estimate of drug-likeness (QED) is 0.410. The molecule has 2 aromatic rings. The van der Waals surface area contributed by atoms with Crippen molar-refractivity contribution in [2.24, 2.45) is 0 Å². The van der Waals surface area contributed by atoms with Gasteiger partial charge in [-0.25, -0.2) is 9.37 Å². The van der Waals surface area contributed by atoms with Gasteiger partial charge in [-0.05, 0) is 81.0 Å². The Morgan fingerprint density at radius 3 is 2.97 bits per heavy atom. The zero-order chi connectivity index (χ0) is 26.5. The minimum Gasteiger partial charge on any atom is -0.480 e. The van der Waals surface area contributed by atoms with Gasteiger partial charge < -0.3 is 19.9 Å². The molecule has 2 fully saturated rings. The Labute approximate surface area is 224 Å². The van der Waals surface area contributed by atoms with Crippen molar-refractivity contribution in [1.82, 2.24) is 9.88 Å². The lowest BCUT2D eigenvalue weighted by Crippen LogP contribution is -2.36. The molecule has 0 amide bonds. The fraction of sp³-hybridized carbons (Fsp3) is 0.600. The van der Waals surface area contributed by atoms with Crippen LogP contribution in [0.1, 0.15) is 80.0 Å². The van der Waals surface area contributed by atoms with Gasteiger partial charge in [-0.15, -0.1) is 0 Å². The normalized spacial score (nSPS) is 26.5. The number of anilines is 1. The Kier molecular flexibility index (Phi) is 8.61. The highest BCUT2D eigenvalue weighted by Gasteiger charge is 2.38. The van der Waals surface area contributed by atoms with E-state index in [2.05, 4.69) is 17.4 Å². The second kappa shape index (κ2) is 12.1.